The van der Waals surface area contributed by atoms with Crippen LogP contribution in [0.4, 0.5) is 10.5 Å². The third-order valence-electron chi connectivity index (χ3n) is 7.07. The molecule has 0 aromatic heterocycles. The minimum atomic E-state index is -0.0117. The van der Waals surface area contributed by atoms with Gasteiger partial charge in [0, 0.05) is 25.4 Å². The van der Waals surface area contributed by atoms with E-state index >= 15 is 0 Å². The van der Waals surface area contributed by atoms with Crippen molar-refractivity contribution in [3.8, 4) is 0 Å². The molecule has 1 fully saturated rings. The van der Waals surface area contributed by atoms with Crippen molar-refractivity contribution in [2.75, 3.05) is 39.1 Å². The molecule has 188 valence electrons. The van der Waals surface area contributed by atoms with Crippen LogP contribution in [0.15, 0.2) is 18.2 Å². The average molecular weight is 460 g/mol. The number of carbonyl (C=O) groups excluding carboxylic acids is 1. The maximum atomic E-state index is 12.7. The molecule has 0 bridgehead atoms. The SMILES string of the molecule is CCCCCN(C)CCCCCCOC1CCC(N(C)C(=O)Nc2ccc(C)cc2C)CC1. The highest BCUT2D eigenvalue weighted by Crippen LogP contribution is 2.26. The molecule has 0 unspecified atom stereocenters. The lowest BCUT2D eigenvalue weighted by Crippen LogP contribution is -2.42. The Hall–Kier alpha value is -1.59. The number of anilines is 1. The zero-order valence-corrected chi connectivity index (χ0v) is 22.0. The third-order valence-corrected chi connectivity index (χ3v) is 7.07. The summed E-state index contributed by atoms with van der Waals surface area (Å²) in [5, 5.41) is 3.08. The summed E-state index contributed by atoms with van der Waals surface area (Å²) in [6, 6.07) is 6.42. The van der Waals surface area contributed by atoms with Crippen LogP contribution in [-0.2, 0) is 4.74 Å². The van der Waals surface area contributed by atoms with Crippen LogP contribution < -0.4 is 5.32 Å². The molecule has 0 radical (unpaired) electrons. The number of aryl methyl sites for hydroxylation is 2. The van der Waals surface area contributed by atoms with Crippen molar-refractivity contribution in [3.05, 3.63) is 29.3 Å². The summed E-state index contributed by atoms with van der Waals surface area (Å²) in [6.45, 7) is 9.71. The first-order valence-corrected chi connectivity index (χ1v) is 13.3. The van der Waals surface area contributed by atoms with Crippen LogP contribution in [0.3, 0.4) is 0 Å². The van der Waals surface area contributed by atoms with Crippen molar-refractivity contribution in [3.63, 3.8) is 0 Å². The molecule has 33 heavy (non-hydrogen) atoms. The number of carbonyl (C=O) groups is 1. The Bertz CT molecular complexity index is 686. The standard InChI is InChI=1S/C28H49N3O2/c1-6-7-10-19-30(4)20-11-8-9-12-21-33-26-16-14-25(15-17-26)31(5)28(32)29-27-18-13-23(2)22-24(27)3/h13,18,22,25-26H,6-12,14-17,19-21H2,1-5H3,(H,29,32). The number of ether oxygens (including phenoxy) is 1. The number of benzene rings is 1. The monoisotopic (exact) mass is 459 g/mol. The first-order valence-electron chi connectivity index (χ1n) is 13.3. The van der Waals surface area contributed by atoms with E-state index in [0.717, 1.165) is 50.0 Å². The van der Waals surface area contributed by atoms with Gasteiger partial charge in [-0.2, -0.15) is 0 Å². The van der Waals surface area contributed by atoms with Gasteiger partial charge in [0.25, 0.3) is 0 Å². The van der Waals surface area contributed by atoms with E-state index < -0.39 is 0 Å². The number of hydrogen-bond acceptors (Lipinski definition) is 3. The molecule has 2 amide bonds. The second kappa shape index (κ2) is 15.3. The molecule has 0 atom stereocenters. The number of nitrogens with one attached hydrogen (secondary N) is 1. The molecule has 2 rings (SSSR count). The van der Waals surface area contributed by atoms with Gasteiger partial charge in [-0.25, -0.2) is 4.79 Å². The van der Waals surface area contributed by atoms with E-state index in [9.17, 15) is 4.79 Å². The fraction of sp³-hybridized carbons (Fsp3) is 0.750. The van der Waals surface area contributed by atoms with Crippen molar-refractivity contribution in [2.45, 2.75) is 104 Å². The summed E-state index contributed by atoms with van der Waals surface area (Å²) < 4.78 is 6.16. The quantitative estimate of drug-likeness (QED) is 0.312. The summed E-state index contributed by atoms with van der Waals surface area (Å²) in [5.41, 5.74) is 3.22. The van der Waals surface area contributed by atoms with Crippen LogP contribution in [-0.4, -0.2) is 61.8 Å². The first-order chi connectivity index (χ1) is 15.9. The Morgan fingerprint density at radius 1 is 0.970 bits per heavy atom. The summed E-state index contributed by atoms with van der Waals surface area (Å²) in [5.74, 6) is 0. The topological polar surface area (TPSA) is 44.8 Å². The minimum absolute atomic E-state index is 0.0117. The van der Waals surface area contributed by atoms with Crippen LogP contribution in [0, 0.1) is 13.8 Å². The summed E-state index contributed by atoms with van der Waals surface area (Å²) in [6.07, 6.45) is 13.5. The van der Waals surface area contributed by atoms with Crippen molar-refractivity contribution in [1.29, 1.82) is 0 Å². The van der Waals surface area contributed by atoms with Crippen LogP contribution in [0.1, 0.15) is 88.7 Å². The zero-order chi connectivity index (χ0) is 24.1. The average Bonchev–Trinajstić information content (AvgIpc) is 2.80. The molecule has 0 spiro atoms. The van der Waals surface area contributed by atoms with Gasteiger partial charge in [-0.1, -0.05) is 50.3 Å². The maximum Gasteiger partial charge on any atom is 0.321 e. The summed E-state index contributed by atoms with van der Waals surface area (Å²) >= 11 is 0. The van der Waals surface area contributed by atoms with Gasteiger partial charge in [0.2, 0.25) is 0 Å². The third kappa shape index (κ3) is 10.5. The second-order valence-electron chi connectivity index (χ2n) is 10.1. The molecule has 0 heterocycles. The molecule has 1 N–H and O–H groups in total. The van der Waals surface area contributed by atoms with E-state index in [2.05, 4.69) is 37.2 Å². The van der Waals surface area contributed by atoms with Gasteiger partial charge in [-0.05, 0) is 90.6 Å². The number of nitrogens with zero attached hydrogens (tertiary/aromatic N) is 2. The smallest absolute Gasteiger partial charge is 0.321 e. The van der Waals surface area contributed by atoms with E-state index in [1.165, 1.54) is 57.2 Å². The largest absolute Gasteiger partial charge is 0.378 e. The van der Waals surface area contributed by atoms with E-state index in [-0.39, 0.29) is 6.03 Å². The Labute approximate surface area is 203 Å². The second-order valence-corrected chi connectivity index (χ2v) is 10.1. The van der Waals surface area contributed by atoms with Gasteiger partial charge >= 0.3 is 6.03 Å². The molecule has 1 saturated carbocycles. The number of hydrogen-bond donors (Lipinski definition) is 1. The van der Waals surface area contributed by atoms with Crippen molar-refractivity contribution in [2.24, 2.45) is 0 Å². The van der Waals surface area contributed by atoms with E-state index in [1.807, 2.05) is 31.0 Å². The van der Waals surface area contributed by atoms with Gasteiger partial charge in [-0.3, -0.25) is 0 Å². The van der Waals surface area contributed by atoms with Crippen LogP contribution in [0.2, 0.25) is 0 Å². The fourth-order valence-corrected chi connectivity index (χ4v) is 4.75. The highest BCUT2D eigenvalue weighted by molar-refractivity contribution is 5.90. The van der Waals surface area contributed by atoms with E-state index in [4.69, 9.17) is 4.74 Å². The highest BCUT2D eigenvalue weighted by atomic mass is 16.5. The normalized spacial score (nSPS) is 18.5. The lowest BCUT2D eigenvalue weighted by molar-refractivity contribution is 0.0130. The summed E-state index contributed by atoms with van der Waals surface area (Å²) in [4.78, 5) is 17.1. The van der Waals surface area contributed by atoms with Crippen LogP contribution >= 0.6 is 0 Å². The molecule has 1 aromatic rings. The number of unbranched alkanes of at least 4 members (excludes halogenated alkanes) is 5. The zero-order valence-electron chi connectivity index (χ0n) is 22.0. The van der Waals surface area contributed by atoms with Crippen molar-refractivity contribution in [1.82, 2.24) is 9.80 Å². The van der Waals surface area contributed by atoms with E-state index in [0.29, 0.717) is 12.1 Å². The molecule has 1 aromatic carbocycles. The molecule has 5 heteroatoms. The van der Waals surface area contributed by atoms with Gasteiger partial charge in [0.1, 0.15) is 0 Å². The number of urea groups is 1. The predicted molar refractivity (Wildman–Crippen MR) is 140 cm³/mol. The Morgan fingerprint density at radius 2 is 1.64 bits per heavy atom. The fourth-order valence-electron chi connectivity index (χ4n) is 4.75. The van der Waals surface area contributed by atoms with Crippen LogP contribution in [0.5, 0.6) is 0 Å². The Balaban J connectivity index is 1.54. The van der Waals surface area contributed by atoms with Gasteiger partial charge in [-0.15, -0.1) is 0 Å². The van der Waals surface area contributed by atoms with Crippen LogP contribution in [0.25, 0.3) is 0 Å². The molecular weight excluding hydrogens is 410 g/mol. The van der Waals surface area contributed by atoms with Gasteiger partial charge < -0.3 is 19.9 Å². The lowest BCUT2D eigenvalue weighted by Gasteiger charge is -2.34. The Kier molecular flexibility index (Phi) is 12.9. The maximum absolute atomic E-state index is 12.7. The molecule has 5 nitrogen and oxygen atoms in total. The molecule has 0 saturated heterocycles. The molecule has 0 aliphatic heterocycles. The number of rotatable bonds is 14. The predicted octanol–water partition coefficient (Wildman–Crippen LogP) is 6.78. The lowest BCUT2D eigenvalue weighted by atomic mass is 9.92. The molecule has 1 aliphatic rings. The minimum Gasteiger partial charge on any atom is -0.378 e. The first kappa shape index (κ1) is 27.7. The van der Waals surface area contributed by atoms with Crippen molar-refractivity contribution >= 4 is 11.7 Å². The highest BCUT2D eigenvalue weighted by Gasteiger charge is 2.27. The van der Waals surface area contributed by atoms with Gasteiger partial charge in [0.15, 0.2) is 0 Å². The van der Waals surface area contributed by atoms with E-state index in [1.54, 1.807) is 0 Å². The molecular formula is C28H49N3O2. The Morgan fingerprint density at radius 3 is 2.30 bits per heavy atom. The number of amides is 2. The van der Waals surface area contributed by atoms with Gasteiger partial charge in [0.05, 0.1) is 6.10 Å². The van der Waals surface area contributed by atoms with Crippen molar-refractivity contribution < 1.29 is 9.53 Å². The summed E-state index contributed by atoms with van der Waals surface area (Å²) in [7, 11) is 4.17. The molecule has 1 aliphatic carbocycles.